The average Bonchev–Trinajstić information content (AvgIpc) is 3.20. The molecule has 2 aliphatic rings. The molecule has 0 N–H and O–H groups in total. The normalized spacial score (nSPS) is 18.6. The monoisotopic (exact) mass is 541 g/mol. The maximum Gasteiger partial charge on any atom is 0.255 e. The quantitative estimate of drug-likeness (QED) is 0.426. The lowest BCUT2D eigenvalue weighted by molar-refractivity contribution is -0.132. The van der Waals surface area contributed by atoms with E-state index in [0.29, 0.717) is 48.3 Å². The van der Waals surface area contributed by atoms with Crippen molar-refractivity contribution in [2.45, 2.75) is 25.8 Å². The Balaban J connectivity index is 1.28. The van der Waals surface area contributed by atoms with Crippen molar-refractivity contribution in [3.8, 4) is 0 Å². The number of nitrogens with zero attached hydrogens (tertiary/aromatic N) is 3. The molecular weight excluding hydrogens is 513 g/mol. The van der Waals surface area contributed by atoms with E-state index < -0.39 is 0 Å². The number of aryl methyl sites for hydroxylation is 1. The van der Waals surface area contributed by atoms with Gasteiger partial charge in [0.15, 0.2) is 0 Å². The molecule has 1 fully saturated rings. The first-order valence-electron chi connectivity index (χ1n) is 12.3. The van der Waals surface area contributed by atoms with Crippen molar-refractivity contribution in [1.82, 2.24) is 14.7 Å². The molecule has 3 aromatic rings. The first-order valence-corrected chi connectivity index (χ1v) is 13.9. The average molecular weight is 543 g/mol. The second-order valence-corrected chi connectivity index (χ2v) is 11.3. The van der Waals surface area contributed by atoms with Gasteiger partial charge in [-0.2, -0.15) is 0 Å². The smallest absolute Gasteiger partial charge is 0.255 e. The Morgan fingerprint density at radius 1 is 0.944 bits per heavy atom. The fourth-order valence-corrected chi connectivity index (χ4v) is 6.67. The summed E-state index contributed by atoms with van der Waals surface area (Å²) in [6, 6.07) is 15.7. The van der Waals surface area contributed by atoms with Gasteiger partial charge in [0.2, 0.25) is 5.91 Å². The largest absolute Gasteiger partial charge is 0.340 e. The van der Waals surface area contributed by atoms with Crippen molar-refractivity contribution in [1.29, 1.82) is 0 Å². The predicted molar refractivity (Wildman–Crippen MR) is 146 cm³/mol. The second kappa shape index (κ2) is 10.9. The zero-order chi connectivity index (χ0) is 25.2. The third-order valence-electron chi connectivity index (χ3n) is 7.18. The molecule has 8 heteroatoms. The van der Waals surface area contributed by atoms with Gasteiger partial charge in [0, 0.05) is 42.6 Å². The predicted octanol–water partition coefficient (Wildman–Crippen LogP) is 5.69. The minimum absolute atomic E-state index is 0.0854. The maximum absolute atomic E-state index is 13.5. The molecule has 2 amide bonds. The molecule has 5 rings (SSSR count). The van der Waals surface area contributed by atoms with Crippen LogP contribution in [0.1, 0.15) is 44.4 Å². The molecule has 0 unspecified atom stereocenters. The van der Waals surface area contributed by atoms with Gasteiger partial charge in [-0.15, -0.1) is 11.3 Å². The molecule has 0 spiro atoms. The highest BCUT2D eigenvalue weighted by Crippen LogP contribution is 2.38. The number of thiophene rings is 1. The Labute approximate surface area is 226 Å². The minimum atomic E-state index is -0.119. The molecule has 1 saturated heterocycles. The van der Waals surface area contributed by atoms with Crippen molar-refractivity contribution in [2.24, 2.45) is 0 Å². The number of carbonyl (C=O) groups is 2. The van der Waals surface area contributed by atoms with Crippen LogP contribution in [-0.2, 0) is 11.2 Å². The van der Waals surface area contributed by atoms with E-state index in [1.165, 1.54) is 21.6 Å². The van der Waals surface area contributed by atoms with Gasteiger partial charge in [-0.3, -0.25) is 14.5 Å². The van der Waals surface area contributed by atoms with Crippen molar-refractivity contribution < 1.29 is 9.59 Å². The highest BCUT2D eigenvalue weighted by molar-refractivity contribution is 7.10. The number of benzene rings is 2. The summed E-state index contributed by atoms with van der Waals surface area (Å²) < 4.78 is 0. The highest BCUT2D eigenvalue weighted by Gasteiger charge is 2.33. The molecule has 5 nitrogen and oxygen atoms in total. The van der Waals surface area contributed by atoms with Crippen LogP contribution in [0.15, 0.2) is 53.9 Å². The number of carbonyl (C=O) groups excluding carboxylic acids is 2. The van der Waals surface area contributed by atoms with E-state index in [1.807, 2.05) is 16.2 Å². The summed E-state index contributed by atoms with van der Waals surface area (Å²) in [7, 11) is 0. The Kier molecular flexibility index (Phi) is 7.68. The van der Waals surface area contributed by atoms with Gasteiger partial charge in [0.05, 0.1) is 23.2 Å². The summed E-state index contributed by atoms with van der Waals surface area (Å²) in [6.07, 6.45) is 1.70. The number of halogens is 2. The summed E-state index contributed by atoms with van der Waals surface area (Å²) in [5.74, 6) is -0.00214. The van der Waals surface area contributed by atoms with Crippen molar-refractivity contribution >= 4 is 46.4 Å². The lowest BCUT2D eigenvalue weighted by atomic mass is 9.90. The molecule has 36 heavy (non-hydrogen) atoms. The van der Waals surface area contributed by atoms with Crippen molar-refractivity contribution in [3.05, 3.63) is 91.1 Å². The Morgan fingerprint density at radius 2 is 1.72 bits per heavy atom. The zero-order valence-corrected chi connectivity index (χ0v) is 22.6. The van der Waals surface area contributed by atoms with E-state index in [0.717, 1.165) is 19.4 Å². The van der Waals surface area contributed by atoms with Crippen LogP contribution in [0.2, 0.25) is 10.0 Å². The van der Waals surface area contributed by atoms with Gasteiger partial charge < -0.3 is 9.80 Å². The topological polar surface area (TPSA) is 43.9 Å². The standard InChI is InChI=1S/C28H29Cl2N3O2S/c1-19-5-2-3-6-21(19)27-23-10-16-36-25(23)9-13-33(27)18-26(34)31-11-4-12-32(15-14-31)28(35)22-8-7-20(29)17-24(22)30/h2-3,5-8,10,16-17,27H,4,9,11-15,18H2,1H3/t27-/m0/s1. The fourth-order valence-electron chi connectivity index (χ4n) is 5.27. The van der Waals surface area contributed by atoms with E-state index in [2.05, 4.69) is 47.5 Å². The van der Waals surface area contributed by atoms with Crippen LogP contribution in [0.5, 0.6) is 0 Å². The van der Waals surface area contributed by atoms with Crippen LogP contribution >= 0.6 is 34.5 Å². The van der Waals surface area contributed by atoms with Crippen LogP contribution in [0.3, 0.4) is 0 Å². The molecule has 1 atom stereocenters. The van der Waals surface area contributed by atoms with E-state index in [-0.39, 0.29) is 17.9 Å². The Bertz CT molecular complexity index is 1280. The Hall–Kier alpha value is -2.38. The summed E-state index contributed by atoms with van der Waals surface area (Å²) >= 11 is 14.1. The van der Waals surface area contributed by atoms with Crippen LogP contribution in [0.4, 0.5) is 0 Å². The number of rotatable bonds is 4. The van der Waals surface area contributed by atoms with Crippen molar-refractivity contribution in [2.75, 3.05) is 39.3 Å². The fraction of sp³-hybridized carbons (Fsp3) is 0.357. The molecule has 0 aliphatic carbocycles. The number of fused-ring (bicyclic) bond motifs is 1. The molecule has 0 saturated carbocycles. The minimum Gasteiger partial charge on any atom is -0.340 e. The van der Waals surface area contributed by atoms with Crippen LogP contribution in [0, 0.1) is 6.92 Å². The summed E-state index contributed by atoms with van der Waals surface area (Å²) in [6.45, 7) is 5.60. The van der Waals surface area contributed by atoms with E-state index in [9.17, 15) is 9.59 Å². The summed E-state index contributed by atoms with van der Waals surface area (Å²) in [5.41, 5.74) is 4.27. The molecular formula is C28H29Cl2N3O2S. The van der Waals surface area contributed by atoms with Gasteiger partial charge in [-0.1, -0.05) is 47.5 Å². The van der Waals surface area contributed by atoms with Crippen LogP contribution in [0.25, 0.3) is 0 Å². The third kappa shape index (κ3) is 5.18. The first kappa shape index (κ1) is 25.3. The van der Waals surface area contributed by atoms with E-state index in [1.54, 1.807) is 23.1 Å². The number of amides is 2. The Morgan fingerprint density at radius 3 is 2.53 bits per heavy atom. The van der Waals surface area contributed by atoms with Gasteiger partial charge >= 0.3 is 0 Å². The molecule has 188 valence electrons. The first-order chi connectivity index (χ1) is 17.4. The van der Waals surface area contributed by atoms with Crippen molar-refractivity contribution in [3.63, 3.8) is 0 Å². The number of hydrogen-bond acceptors (Lipinski definition) is 4. The van der Waals surface area contributed by atoms with Gasteiger partial charge in [-0.05, 0) is 66.1 Å². The van der Waals surface area contributed by atoms with Gasteiger partial charge in [0.1, 0.15) is 0 Å². The molecule has 0 radical (unpaired) electrons. The lowest BCUT2D eigenvalue weighted by Gasteiger charge is -2.37. The summed E-state index contributed by atoms with van der Waals surface area (Å²) in [5, 5.41) is 3.01. The molecule has 2 aromatic carbocycles. The highest BCUT2D eigenvalue weighted by atomic mass is 35.5. The van der Waals surface area contributed by atoms with Crippen LogP contribution < -0.4 is 0 Å². The van der Waals surface area contributed by atoms with Gasteiger partial charge in [-0.25, -0.2) is 0 Å². The second-order valence-electron chi connectivity index (χ2n) is 9.43. The van der Waals surface area contributed by atoms with E-state index in [4.69, 9.17) is 23.2 Å². The van der Waals surface area contributed by atoms with Gasteiger partial charge in [0.25, 0.3) is 5.91 Å². The molecule has 2 aliphatic heterocycles. The van der Waals surface area contributed by atoms with E-state index >= 15 is 0 Å². The molecule has 3 heterocycles. The number of hydrogen-bond donors (Lipinski definition) is 0. The molecule has 0 bridgehead atoms. The SMILES string of the molecule is Cc1ccccc1[C@H]1c2ccsc2CCN1CC(=O)N1CCCN(C(=O)c2ccc(Cl)cc2Cl)CC1. The maximum atomic E-state index is 13.5. The third-order valence-corrected chi connectivity index (χ3v) is 8.73. The zero-order valence-electron chi connectivity index (χ0n) is 20.3. The molecule has 1 aromatic heterocycles. The summed E-state index contributed by atoms with van der Waals surface area (Å²) in [4.78, 5) is 34.0. The lowest BCUT2D eigenvalue weighted by Crippen LogP contribution is -2.45. The van der Waals surface area contributed by atoms with Crippen LogP contribution in [-0.4, -0.2) is 65.8 Å².